The van der Waals surface area contributed by atoms with E-state index in [2.05, 4.69) is 17.1 Å². The van der Waals surface area contributed by atoms with E-state index in [1.807, 2.05) is 30.3 Å². The van der Waals surface area contributed by atoms with Crippen molar-refractivity contribution >= 4 is 18.9 Å². The minimum Gasteiger partial charge on any atom is -0.489 e. The summed E-state index contributed by atoms with van der Waals surface area (Å²) in [5.74, 6) is 0.225. The van der Waals surface area contributed by atoms with Gasteiger partial charge in [-0.2, -0.15) is 0 Å². The Kier molecular flexibility index (Phi) is 4.25. The Balaban J connectivity index is 1.97. The highest BCUT2D eigenvalue weighted by Crippen LogP contribution is 2.15. The van der Waals surface area contributed by atoms with Crippen LogP contribution in [0.2, 0.25) is 0 Å². The smallest absolute Gasteiger partial charge is 0.349 e. The molecule has 2 aromatic rings. The normalized spacial score (nSPS) is 9.83. The third-order valence-corrected chi connectivity index (χ3v) is 2.59. The van der Waals surface area contributed by atoms with E-state index in [4.69, 9.17) is 4.74 Å². The van der Waals surface area contributed by atoms with E-state index in [0.717, 1.165) is 5.56 Å². The molecule has 2 rings (SSSR count). The van der Waals surface area contributed by atoms with Crippen molar-refractivity contribution in [2.24, 2.45) is 0 Å². The molecule has 0 fully saturated rings. The molecule has 0 bridgehead atoms. The lowest BCUT2D eigenvalue weighted by Gasteiger charge is -2.06. The number of carbonyl (C=O) groups excluding carboxylic acids is 1. The van der Waals surface area contributed by atoms with Crippen molar-refractivity contribution in [2.75, 3.05) is 0 Å². The molecule has 0 heterocycles. The molecule has 2 aromatic carbocycles. The summed E-state index contributed by atoms with van der Waals surface area (Å²) in [6.07, 6.45) is 0. The molecule has 0 aliphatic rings. The molecule has 0 aliphatic heterocycles. The zero-order valence-corrected chi connectivity index (χ0v) is 10.5. The molecule has 18 heavy (non-hydrogen) atoms. The molecule has 3 nitrogen and oxygen atoms in total. The molecule has 0 unspecified atom stereocenters. The first-order valence-corrected chi connectivity index (χ1v) is 5.78. The Morgan fingerprint density at radius 1 is 1.00 bits per heavy atom. The van der Waals surface area contributed by atoms with Crippen LogP contribution in [-0.2, 0) is 10.8 Å². The van der Waals surface area contributed by atoms with Crippen molar-refractivity contribution in [1.82, 2.24) is 0 Å². The largest absolute Gasteiger partial charge is 0.489 e. The summed E-state index contributed by atoms with van der Waals surface area (Å²) in [6.45, 7) is 0.497. The van der Waals surface area contributed by atoms with Gasteiger partial charge in [0.2, 0.25) is 0 Å². The van der Waals surface area contributed by atoms with Crippen LogP contribution in [0.5, 0.6) is 5.75 Å². The van der Waals surface area contributed by atoms with Gasteiger partial charge in [0.25, 0.3) is 0 Å². The van der Waals surface area contributed by atoms with E-state index >= 15 is 0 Å². The molecule has 0 aliphatic carbocycles. The van der Waals surface area contributed by atoms with Gasteiger partial charge in [0.15, 0.2) is 0 Å². The van der Waals surface area contributed by atoms with Gasteiger partial charge in [0.05, 0.1) is 5.56 Å². The third kappa shape index (κ3) is 3.28. The fourth-order valence-electron chi connectivity index (χ4n) is 1.48. The van der Waals surface area contributed by atoms with Crippen LogP contribution in [0.4, 0.5) is 0 Å². The van der Waals surface area contributed by atoms with Crippen molar-refractivity contribution in [3.63, 3.8) is 0 Å². The Morgan fingerprint density at radius 3 is 2.28 bits per heavy atom. The minimum absolute atomic E-state index is 0.442. The lowest BCUT2D eigenvalue weighted by molar-refractivity contribution is 0.0772. The molecule has 0 saturated carbocycles. The molecule has 4 heteroatoms. The molecule has 0 atom stereocenters. The predicted molar refractivity (Wildman–Crippen MR) is 71.6 cm³/mol. The molecule has 0 spiro atoms. The Bertz CT molecular complexity index is 508. The van der Waals surface area contributed by atoms with Crippen LogP contribution in [0.1, 0.15) is 15.9 Å². The molecule has 0 N–H and O–H groups in total. The van der Waals surface area contributed by atoms with Crippen LogP contribution in [0.3, 0.4) is 0 Å². The first-order valence-electron chi connectivity index (χ1n) is 5.42. The summed E-state index contributed by atoms with van der Waals surface area (Å²) >= 11 is 3.46. The summed E-state index contributed by atoms with van der Waals surface area (Å²) in [5.41, 5.74) is 1.54. The maximum atomic E-state index is 11.2. The van der Waals surface area contributed by atoms with Crippen molar-refractivity contribution in [3.05, 3.63) is 65.7 Å². The van der Waals surface area contributed by atoms with Crippen LogP contribution in [0.15, 0.2) is 54.6 Å². The number of benzene rings is 2. The number of rotatable bonds is 4. The van der Waals surface area contributed by atoms with Gasteiger partial charge in [-0.25, -0.2) is 4.79 Å². The van der Waals surface area contributed by atoms with Crippen molar-refractivity contribution in [2.45, 2.75) is 6.61 Å². The third-order valence-electron chi connectivity index (χ3n) is 2.42. The fourth-order valence-corrected chi connectivity index (χ4v) is 1.59. The molecule has 0 amide bonds. The predicted octanol–water partition coefficient (Wildman–Crippen LogP) is 3.27. The van der Waals surface area contributed by atoms with Gasteiger partial charge < -0.3 is 8.92 Å². The quantitative estimate of drug-likeness (QED) is 0.677. The van der Waals surface area contributed by atoms with E-state index in [0.29, 0.717) is 17.9 Å². The molecule has 0 saturated heterocycles. The van der Waals surface area contributed by atoms with Crippen molar-refractivity contribution in [3.8, 4) is 5.75 Å². The first kappa shape index (κ1) is 12.5. The summed E-state index contributed by atoms with van der Waals surface area (Å²) in [4.78, 5) is 11.2. The topological polar surface area (TPSA) is 35.5 Å². The van der Waals surface area contributed by atoms with Gasteiger partial charge in [-0.1, -0.05) is 30.3 Å². The Morgan fingerprint density at radius 2 is 1.67 bits per heavy atom. The van der Waals surface area contributed by atoms with Gasteiger partial charge in [-0.05, 0) is 29.8 Å². The second-order valence-electron chi connectivity index (χ2n) is 3.68. The molecule has 0 radical (unpaired) electrons. The Hall–Kier alpha value is -1.94. The average Bonchev–Trinajstić information content (AvgIpc) is 2.46. The van der Waals surface area contributed by atoms with Crippen molar-refractivity contribution in [1.29, 1.82) is 0 Å². The zero-order valence-electron chi connectivity index (χ0n) is 9.58. The SMILES string of the molecule is O=C(OS)c1ccc(OCc2ccccc2)cc1. The van der Waals surface area contributed by atoms with Crippen LogP contribution >= 0.6 is 12.9 Å². The van der Waals surface area contributed by atoms with E-state index in [1.165, 1.54) is 0 Å². The number of carbonyl (C=O) groups is 1. The van der Waals surface area contributed by atoms with Crippen LogP contribution in [0, 0.1) is 0 Å². The highest BCUT2D eigenvalue weighted by atomic mass is 32.1. The summed E-state index contributed by atoms with van der Waals surface area (Å²) in [6, 6.07) is 16.6. The van der Waals surface area contributed by atoms with Gasteiger partial charge in [-0.3, -0.25) is 0 Å². The van der Waals surface area contributed by atoms with Crippen LogP contribution in [-0.4, -0.2) is 5.97 Å². The van der Waals surface area contributed by atoms with E-state index < -0.39 is 5.97 Å². The first-order chi connectivity index (χ1) is 8.79. The van der Waals surface area contributed by atoms with Gasteiger partial charge >= 0.3 is 5.97 Å². The maximum Gasteiger partial charge on any atom is 0.349 e. The maximum absolute atomic E-state index is 11.2. The fraction of sp³-hybridized carbons (Fsp3) is 0.0714. The Labute approximate surface area is 111 Å². The number of thiol groups is 1. The second kappa shape index (κ2) is 6.12. The molecule has 92 valence electrons. The van der Waals surface area contributed by atoms with E-state index in [9.17, 15) is 4.79 Å². The van der Waals surface area contributed by atoms with E-state index in [1.54, 1.807) is 24.3 Å². The number of ether oxygens (including phenoxy) is 1. The lowest BCUT2D eigenvalue weighted by Crippen LogP contribution is -1.99. The standard InChI is InChI=1S/C14H12O3S/c15-14(17-18)12-6-8-13(9-7-12)16-10-11-4-2-1-3-5-11/h1-9,18H,10H2. The zero-order chi connectivity index (χ0) is 12.8. The highest BCUT2D eigenvalue weighted by Gasteiger charge is 2.05. The second-order valence-corrected chi connectivity index (χ2v) is 3.86. The van der Waals surface area contributed by atoms with Crippen molar-refractivity contribution < 1.29 is 13.7 Å². The monoisotopic (exact) mass is 260 g/mol. The number of hydrogen-bond donors (Lipinski definition) is 1. The van der Waals surface area contributed by atoms with Gasteiger partial charge in [-0.15, -0.1) is 0 Å². The number of hydrogen-bond acceptors (Lipinski definition) is 4. The lowest BCUT2D eigenvalue weighted by atomic mass is 10.2. The van der Waals surface area contributed by atoms with Crippen LogP contribution in [0.25, 0.3) is 0 Å². The summed E-state index contributed by atoms with van der Waals surface area (Å²) in [5, 5.41) is 0. The molecule has 0 aromatic heterocycles. The summed E-state index contributed by atoms with van der Waals surface area (Å²) in [7, 11) is 0. The highest BCUT2D eigenvalue weighted by molar-refractivity contribution is 7.75. The summed E-state index contributed by atoms with van der Waals surface area (Å²) < 4.78 is 9.91. The molecular formula is C14H12O3S. The van der Waals surface area contributed by atoms with Gasteiger partial charge in [0.1, 0.15) is 12.4 Å². The van der Waals surface area contributed by atoms with Gasteiger partial charge in [0, 0.05) is 12.9 Å². The van der Waals surface area contributed by atoms with Crippen LogP contribution < -0.4 is 4.74 Å². The van der Waals surface area contributed by atoms with E-state index in [-0.39, 0.29) is 0 Å². The molecular weight excluding hydrogens is 248 g/mol. The minimum atomic E-state index is -0.479. The average molecular weight is 260 g/mol.